The van der Waals surface area contributed by atoms with Gasteiger partial charge in [-0.1, -0.05) is 38.9 Å². The highest BCUT2D eigenvalue weighted by Crippen LogP contribution is 2.25. The first-order chi connectivity index (χ1) is 7.48. The van der Waals surface area contributed by atoms with E-state index in [1.165, 1.54) is 0 Å². The van der Waals surface area contributed by atoms with E-state index in [2.05, 4.69) is 25.8 Å². The lowest BCUT2D eigenvalue weighted by atomic mass is 10.5. The molecule has 4 heteroatoms. The Hall–Kier alpha value is -0.353. The molecule has 0 rings (SSSR count). The van der Waals surface area contributed by atoms with E-state index in [1.54, 1.807) is 0 Å². The molecule has 1 unspecified atom stereocenters. The molecular formula is C12H28N2OSi. The molecule has 0 bridgehead atoms. The lowest BCUT2D eigenvalue weighted by molar-refractivity contribution is 0.288. The van der Waals surface area contributed by atoms with Crippen LogP contribution >= 0.6 is 0 Å². The molecule has 0 aliphatic rings. The first-order valence-electron chi connectivity index (χ1n) is 6.38. The standard InChI is InChI=1S/C12H28N2OSi/c1-7-13-11(14(5)6)12(15)16(8-2,9-3)10-4/h12,15H,7-10H2,1-6H3. The van der Waals surface area contributed by atoms with Gasteiger partial charge in [0.2, 0.25) is 0 Å². The molecule has 0 saturated heterocycles. The Kier molecular flexibility index (Phi) is 6.91. The summed E-state index contributed by atoms with van der Waals surface area (Å²) in [5.74, 6) is 0.875. The van der Waals surface area contributed by atoms with E-state index < -0.39 is 8.07 Å². The minimum Gasteiger partial charge on any atom is -0.389 e. The van der Waals surface area contributed by atoms with Crippen LogP contribution in [0.4, 0.5) is 0 Å². The summed E-state index contributed by atoms with van der Waals surface area (Å²) in [6.45, 7) is 9.39. The van der Waals surface area contributed by atoms with E-state index in [0.29, 0.717) is 0 Å². The van der Waals surface area contributed by atoms with Gasteiger partial charge in [0.25, 0.3) is 0 Å². The second-order valence-electron chi connectivity index (χ2n) is 4.55. The molecular weight excluding hydrogens is 216 g/mol. The SMILES string of the molecule is CCN=C(C(O)[Si](CC)(CC)CC)N(C)C. The maximum absolute atomic E-state index is 10.6. The van der Waals surface area contributed by atoms with Gasteiger partial charge in [-0.15, -0.1) is 0 Å². The van der Waals surface area contributed by atoms with Gasteiger partial charge in [-0.05, 0) is 6.92 Å². The van der Waals surface area contributed by atoms with Crippen LogP contribution < -0.4 is 0 Å². The Morgan fingerprint density at radius 1 is 1.12 bits per heavy atom. The number of aliphatic hydroxyl groups is 1. The van der Waals surface area contributed by atoms with Crippen molar-refractivity contribution in [3.05, 3.63) is 0 Å². The molecule has 0 aromatic rings. The van der Waals surface area contributed by atoms with Gasteiger partial charge in [0.1, 0.15) is 11.6 Å². The van der Waals surface area contributed by atoms with Crippen LogP contribution in [0.25, 0.3) is 0 Å². The molecule has 0 saturated carbocycles. The molecule has 0 aromatic carbocycles. The first kappa shape index (κ1) is 15.6. The molecule has 1 N–H and O–H groups in total. The van der Waals surface area contributed by atoms with Gasteiger partial charge in [0.05, 0.1) is 8.07 Å². The van der Waals surface area contributed by atoms with Crippen LogP contribution in [0.3, 0.4) is 0 Å². The molecule has 0 heterocycles. The van der Waals surface area contributed by atoms with Crippen LogP contribution in [0.1, 0.15) is 27.7 Å². The van der Waals surface area contributed by atoms with Gasteiger partial charge in [-0.3, -0.25) is 4.99 Å². The van der Waals surface area contributed by atoms with E-state index in [1.807, 2.05) is 25.9 Å². The van der Waals surface area contributed by atoms with Gasteiger partial charge < -0.3 is 10.0 Å². The van der Waals surface area contributed by atoms with E-state index in [-0.39, 0.29) is 5.73 Å². The molecule has 0 radical (unpaired) electrons. The fourth-order valence-corrected chi connectivity index (χ4v) is 5.80. The highest BCUT2D eigenvalue weighted by Gasteiger charge is 2.39. The van der Waals surface area contributed by atoms with Crippen LogP contribution in [-0.2, 0) is 0 Å². The number of hydrogen-bond donors (Lipinski definition) is 1. The Morgan fingerprint density at radius 3 is 1.81 bits per heavy atom. The number of amidine groups is 1. The fourth-order valence-electron chi connectivity index (χ4n) is 2.24. The van der Waals surface area contributed by atoms with E-state index in [0.717, 1.165) is 30.5 Å². The van der Waals surface area contributed by atoms with Gasteiger partial charge in [0.15, 0.2) is 0 Å². The molecule has 16 heavy (non-hydrogen) atoms. The summed E-state index contributed by atoms with van der Waals surface area (Å²) in [6.07, 6.45) is 0. The summed E-state index contributed by atoms with van der Waals surface area (Å²) < 4.78 is 0. The third-order valence-corrected chi connectivity index (χ3v) is 9.36. The zero-order chi connectivity index (χ0) is 12.8. The number of aliphatic hydroxyl groups excluding tert-OH is 1. The highest BCUT2D eigenvalue weighted by atomic mass is 28.3. The van der Waals surface area contributed by atoms with Gasteiger partial charge in [-0.25, -0.2) is 0 Å². The highest BCUT2D eigenvalue weighted by molar-refractivity contribution is 6.83. The molecule has 96 valence electrons. The smallest absolute Gasteiger partial charge is 0.124 e. The third-order valence-electron chi connectivity index (χ3n) is 3.72. The maximum Gasteiger partial charge on any atom is 0.124 e. The van der Waals surface area contributed by atoms with Crippen molar-refractivity contribution >= 4 is 13.9 Å². The van der Waals surface area contributed by atoms with Crippen molar-refractivity contribution in [3.63, 3.8) is 0 Å². The van der Waals surface area contributed by atoms with Crippen molar-refractivity contribution in [3.8, 4) is 0 Å². The van der Waals surface area contributed by atoms with Crippen LogP contribution in [0, 0.1) is 0 Å². The zero-order valence-corrected chi connectivity index (χ0v) is 12.7. The number of hydrogen-bond acceptors (Lipinski definition) is 2. The van der Waals surface area contributed by atoms with Crippen molar-refractivity contribution in [1.82, 2.24) is 4.90 Å². The Labute approximate surface area is 102 Å². The largest absolute Gasteiger partial charge is 0.389 e. The zero-order valence-electron chi connectivity index (χ0n) is 11.7. The predicted molar refractivity (Wildman–Crippen MR) is 74.9 cm³/mol. The summed E-state index contributed by atoms with van der Waals surface area (Å²) in [7, 11) is 2.34. The minimum absolute atomic E-state index is 0.317. The average molecular weight is 244 g/mol. The quantitative estimate of drug-likeness (QED) is 0.442. The second kappa shape index (κ2) is 7.07. The van der Waals surface area contributed by atoms with Gasteiger partial charge in [0, 0.05) is 20.6 Å². The Balaban J connectivity index is 5.10. The molecule has 0 fully saturated rings. The molecule has 0 spiro atoms. The summed E-state index contributed by atoms with van der Waals surface area (Å²) in [4.78, 5) is 6.43. The van der Waals surface area contributed by atoms with Crippen LogP contribution in [-0.4, -0.2) is 50.3 Å². The van der Waals surface area contributed by atoms with Gasteiger partial charge in [-0.2, -0.15) is 0 Å². The minimum atomic E-state index is -1.60. The molecule has 0 aliphatic carbocycles. The molecule has 0 amide bonds. The van der Waals surface area contributed by atoms with Crippen molar-refractivity contribution in [2.75, 3.05) is 20.6 Å². The van der Waals surface area contributed by atoms with Crippen LogP contribution in [0.5, 0.6) is 0 Å². The Morgan fingerprint density at radius 2 is 1.56 bits per heavy atom. The van der Waals surface area contributed by atoms with E-state index in [9.17, 15) is 5.11 Å². The summed E-state index contributed by atoms with van der Waals surface area (Å²) in [5.41, 5.74) is -0.317. The number of likely N-dealkylation sites (N-methyl/N-ethyl adjacent to an activating group) is 1. The maximum atomic E-state index is 10.6. The van der Waals surface area contributed by atoms with E-state index >= 15 is 0 Å². The second-order valence-corrected chi connectivity index (χ2v) is 9.95. The lowest BCUT2D eigenvalue weighted by Crippen LogP contribution is -2.54. The molecule has 3 nitrogen and oxygen atoms in total. The Bertz CT molecular complexity index is 217. The predicted octanol–water partition coefficient (Wildman–Crippen LogP) is 2.38. The van der Waals surface area contributed by atoms with Crippen LogP contribution in [0.2, 0.25) is 18.1 Å². The summed E-state index contributed by atoms with van der Waals surface area (Å²) >= 11 is 0. The normalized spacial score (nSPS) is 15.1. The molecule has 0 aromatic heterocycles. The number of nitrogens with zero attached hydrogens (tertiary/aromatic N) is 2. The number of aliphatic imine (C=N–C) groups is 1. The lowest BCUT2D eigenvalue weighted by Gasteiger charge is -2.36. The van der Waals surface area contributed by atoms with Crippen molar-refractivity contribution in [2.45, 2.75) is 51.6 Å². The topological polar surface area (TPSA) is 35.8 Å². The van der Waals surface area contributed by atoms with Crippen molar-refractivity contribution in [1.29, 1.82) is 0 Å². The third kappa shape index (κ3) is 3.32. The van der Waals surface area contributed by atoms with Crippen molar-refractivity contribution < 1.29 is 5.11 Å². The molecule has 1 atom stereocenters. The fraction of sp³-hybridized carbons (Fsp3) is 0.917. The summed E-state index contributed by atoms with van der Waals surface area (Å²) in [6, 6.07) is 3.37. The van der Waals surface area contributed by atoms with Crippen LogP contribution in [0.15, 0.2) is 4.99 Å². The van der Waals surface area contributed by atoms with E-state index in [4.69, 9.17) is 0 Å². The molecule has 0 aliphatic heterocycles. The average Bonchev–Trinajstić information content (AvgIpc) is 2.28. The van der Waals surface area contributed by atoms with Crippen molar-refractivity contribution in [2.24, 2.45) is 4.99 Å². The monoisotopic (exact) mass is 244 g/mol. The summed E-state index contributed by atoms with van der Waals surface area (Å²) in [5, 5.41) is 10.6. The first-order valence-corrected chi connectivity index (χ1v) is 9.08. The number of rotatable bonds is 6. The van der Waals surface area contributed by atoms with Gasteiger partial charge >= 0.3 is 0 Å².